The minimum absolute atomic E-state index is 0. The molecule has 0 bridgehead atoms. The van der Waals surface area contributed by atoms with Crippen molar-refractivity contribution in [1.82, 2.24) is 15.2 Å². The predicted octanol–water partition coefficient (Wildman–Crippen LogP) is 2.65. The van der Waals surface area contributed by atoms with Gasteiger partial charge < -0.3 is 14.6 Å². The van der Waals surface area contributed by atoms with E-state index in [4.69, 9.17) is 4.42 Å². The number of hydrogen-bond acceptors (Lipinski definition) is 4. The number of aromatic nitrogens is 1. The van der Waals surface area contributed by atoms with Crippen molar-refractivity contribution < 1.29 is 9.21 Å². The largest absolute Gasteiger partial charge is 0.444 e. The lowest BCUT2D eigenvalue weighted by atomic mass is 10.1. The summed E-state index contributed by atoms with van der Waals surface area (Å²) in [6.45, 7) is 2.15. The summed E-state index contributed by atoms with van der Waals surface area (Å²) in [5, 5.41) is 3.31. The fourth-order valence-corrected chi connectivity index (χ4v) is 2.70. The van der Waals surface area contributed by atoms with Crippen LogP contribution in [0.25, 0.3) is 0 Å². The zero-order chi connectivity index (χ0) is 13.9. The van der Waals surface area contributed by atoms with Crippen LogP contribution < -0.4 is 5.32 Å². The molecular weight excluding hydrogens is 358 g/mol. The number of nitrogens with zero attached hydrogens (tertiary/aromatic N) is 2. The van der Waals surface area contributed by atoms with Gasteiger partial charge in [-0.3, -0.25) is 9.78 Å². The molecule has 0 radical (unpaired) electrons. The molecule has 5 nitrogen and oxygen atoms in total. The molecule has 2 aromatic heterocycles. The Morgan fingerprint density at radius 2 is 2.29 bits per heavy atom. The van der Waals surface area contributed by atoms with E-state index in [0.717, 1.165) is 18.7 Å². The van der Waals surface area contributed by atoms with Crippen LogP contribution in [-0.4, -0.2) is 35.4 Å². The van der Waals surface area contributed by atoms with Crippen LogP contribution >= 0.6 is 28.3 Å². The number of halogens is 2. The van der Waals surface area contributed by atoms with Gasteiger partial charge in [0.25, 0.3) is 5.91 Å². The lowest BCUT2D eigenvalue weighted by Crippen LogP contribution is -2.48. The third-order valence-electron chi connectivity index (χ3n) is 3.36. The number of nitrogens with one attached hydrogen (secondary N) is 1. The van der Waals surface area contributed by atoms with Crippen molar-refractivity contribution in [3.05, 3.63) is 52.7 Å². The first-order valence-corrected chi connectivity index (χ1v) is 7.22. The van der Waals surface area contributed by atoms with E-state index in [1.165, 1.54) is 0 Å². The second-order valence-corrected chi connectivity index (χ2v) is 5.39. The molecule has 0 saturated carbocycles. The number of furan rings is 1. The summed E-state index contributed by atoms with van der Waals surface area (Å²) in [5.41, 5.74) is 1.03. The Balaban J connectivity index is 0.00000161. The first-order chi connectivity index (χ1) is 9.75. The van der Waals surface area contributed by atoms with Crippen molar-refractivity contribution in [3.63, 3.8) is 0 Å². The summed E-state index contributed by atoms with van der Waals surface area (Å²) < 4.78 is 5.94. The summed E-state index contributed by atoms with van der Waals surface area (Å²) >= 11 is 3.22. The van der Waals surface area contributed by atoms with Gasteiger partial charge in [-0.15, -0.1) is 12.4 Å². The third-order valence-corrected chi connectivity index (χ3v) is 3.78. The van der Waals surface area contributed by atoms with Crippen LogP contribution in [0, 0.1) is 0 Å². The number of rotatable bonds is 2. The highest BCUT2D eigenvalue weighted by atomic mass is 79.9. The zero-order valence-corrected chi connectivity index (χ0v) is 13.6. The topological polar surface area (TPSA) is 58.4 Å². The quantitative estimate of drug-likeness (QED) is 0.880. The highest BCUT2D eigenvalue weighted by molar-refractivity contribution is 9.10. The number of hydrogen-bond donors (Lipinski definition) is 1. The van der Waals surface area contributed by atoms with E-state index in [9.17, 15) is 4.79 Å². The van der Waals surface area contributed by atoms with E-state index in [0.29, 0.717) is 17.0 Å². The van der Waals surface area contributed by atoms with Crippen LogP contribution in [0.1, 0.15) is 22.2 Å². The van der Waals surface area contributed by atoms with Gasteiger partial charge in [-0.1, -0.05) is 6.07 Å². The normalized spacial score (nSPS) is 18.1. The van der Waals surface area contributed by atoms with Crippen molar-refractivity contribution in [3.8, 4) is 0 Å². The molecule has 1 N–H and O–H groups in total. The minimum Gasteiger partial charge on any atom is -0.444 e. The van der Waals surface area contributed by atoms with E-state index < -0.39 is 0 Å². The van der Waals surface area contributed by atoms with E-state index >= 15 is 0 Å². The van der Waals surface area contributed by atoms with Crippen LogP contribution in [0.2, 0.25) is 0 Å². The second-order valence-electron chi connectivity index (χ2n) is 4.61. The van der Waals surface area contributed by atoms with Crippen molar-refractivity contribution in [2.45, 2.75) is 6.04 Å². The highest BCUT2D eigenvalue weighted by Gasteiger charge is 2.30. The lowest BCUT2D eigenvalue weighted by molar-refractivity contribution is 0.0600. The molecule has 1 fully saturated rings. The molecule has 0 aliphatic carbocycles. The van der Waals surface area contributed by atoms with E-state index in [-0.39, 0.29) is 24.4 Å². The van der Waals surface area contributed by atoms with Gasteiger partial charge >= 0.3 is 0 Å². The Morgan fingerprint density at radius 1 is 1.43 bits per heavy atom. The molecule has 3 rings (SSSR count). The monoisotopic (exact) mass is 371 g/mol. The SMILES string of the molecule is Cl.O=C(c1ccc(Br)o1)N1CCNCC1c1cccnc1. The second kappa shape index (κ2) is 7.06. The van der Waals surface area contributed by atoms with Crippen LogP contribution in [0.4, 0.5) is 0 Å². The van der Waals surface area contributed by atoms with Crippen molar-refractivity contribution in [1.29, 1.82) is 0 Å². The Labute approximate surface area is 137 Å². The zero-order valence-electron chi connectivity index (χ0n) is 11.2. The molecule has 1 saturated heterocycles. The minimum atomic E-state index is -0.0916. The highest BCUT2D eigenvalue weighted by Crippen LogP contribution is 2.25. The molecule has 2 aromatic rings. The maximum absolute atomic E-state index is 12.6. The summed E-state index contributed by atoms with van der Waals surface area (Å²) in [6.07, 6.45) is 3.53. The number of pyridine rings is 1. The van der Waals surface area contributed by atoms with Crippen LogP contribution in [0.5, 0.6) is 0 Å². The van der Waals surface area contributed by atoms with Gasteiger partial charge in [0.15, 0.2) is 10.4 Å². The number of carbonyl (C=O) groups excluding carboxylic acids is 1. The Kier molecular flexibility index (Phi) is 5.39. The van der Waals surface area contributed by atoms with Crippen molar-refractivity contribution >= 4 is 34.2 Å². The van der Waals surface area contributed by atoms with Gasteiger partial charge in [0.1, 0.15) is 0 Å². The lowest BCUT2D eigenvalue weighted by Gasteiger charge is -2.35. The van der Waals surface area contributed by atoms with Crippen LogP contribution in [0.3, 0.4) is 0 Å². The molecule has 1 amide bonds. The van der Waals surface area contributed by atoms with Crippen LogP contribution in [-0.2, 0) is 0 Å². The van der Waals surface area contributed by atoms with Crippen molar-refractivity contribution in [2.24, 2.45) is 0 Å². The third kappa shape index (κ3) is 3.45. The number of piperazine rings is 1. The average Bonchev–Trinajstić information content (AvgIpc) is 2.94. The fourth-order valence-electron chi connectivity index (χ4n) is 2.39. The summed E-state index contributed by atoms with van der Waals surface area (Å²) in [5.74, 6) is 0.263. The molecule has 3 heterocycles. The maximum Gasteiger partial charge on any atom is 0.290 e. The van der Waals surface area contributed by atoms with Gasteiger partial charge in [-0.25, -0.2) is 0 Å². The van der Waals surface area contributed by atoms with E-state index in [1.54, 1.807) is 24.5 Å². The summed E-state index contributed by atoms with van der Waals surface area (Å²) in [6, 6.07) is 7.27. The first kappa shape index (κ1) is 16.0. The Bertz CT molecular complexity index is 605. The number of carbonyl (C=O) groups is 1. The predicted molar refractivity (Wildman–Crippen MR) is 84.5 cm³/mol. The van der Waals surface area contributed by atoms with Crippen LogP contribution in [0.15, 0.2) is 45.7 Å². The van der Waals surface area contributed by atoms with Gasteiger partial charge in [-0.2, -0.15) is 0 Å². The first-order valence-electron chi connectivity index (χ1n) is 6.42. The van der Waals surface area contributed by atoms with E-state index in [2.05, 4.69) is 26.2 Å². The molecule has 1 atom stereocenters. The van der Waals surface area contributed by atoms with Crippen molar-refractivity contribution in [2.75, 3.05) is 19.6 Å². The molecule has 0 spiro atoms. The molecular formula is C14H15BrClN3O2. The smallest absolute Gasteiger partial charge is 0.290 e. The van der Waals surface area contributed by atoms with E-state index in [1.807, 2.05) is 17.0 Å². The molecule has 1 aliphatic heterocycles. The molecule has 1 aliphatic rings. The van der Waals surface area contributed by atoms with Gasteiger partial charge in [-0.05, 0) is 39.7 Å². The fraction of sp³-hybridized carbons (Fsp3) is 0.286. The average molecular weight is 373 g/mol. The molecule has 7 heteroatoms. The number of amides is 1. The Hall–Kier alpha value is -1.37. The van der Waals surface area contributed by atoms with Gasteiger partial charge in [0.2, 0.25) is 0 Å². The molecule has 21 heavy (non-hydrogen) atoms. The van der Waals surface area contributed by atoms with Gasteiger partial charge in [0.05, 0.1) is 6.04 Å². The summed E-state index contributed by atoms with van der Waals surface area (Å²) in [4.78, 5) is 18.5. The Morgan fingerprint density at radius 3 is 2.95 bits per heavy atom. The maximum atomic E-state index is 12.6. The molecule has 1 unspecified atom stereocenters. The summed E-state index contributed by atoms with van der Waals surface area (Å²) in [7, 11) is 0. The van der Waals surface area contributed by atoms with Gasteiger partial charge in [0, 0.05) is 32.0 Å². The molecule has 112 valence electrons. The molecule has 0 aromatic carbocycles. The standard InChI is InChI=1S/C14H14BrN3O2.ClH/c15-13-4-3-12(20-13)14(19)18-7-6-17-9-11(18)10-2-1-5-16-8-10;/h1-5,8,11,17H,6-7,9H2;1H.